The molecule has 1 aliphatic carbocycles. The molecule has 3 aromatic rings. The zero-order valence-corrected chi connectivity index (χ0v) is 18.6. The largest absolute Gasteiger partial charge is 0.481 e. The van der Waals surface area contributed by atoms with Gasteiger partial charge in [0.1, 0.15) is 17.5 Å². The summed E-state index contributed by atoms with van der Waals surface area (Å²) in [6, 6.07) is 5.19. The third kappa shape index (κ3) is 4.64. The summed E-state index contributed by atoms with van der Waals surface area (Å²) in [4.78, 5) is 13.4. The number of aliphatic hydroxyl groups is 1. The molecule has 0 aliphatic heterocycles. The quantitative estimate of drug-likeness (QED) is 0.506. The van der Waals surface area contributed by atoms with Crippen LogP contribution in [0.5, 0.6) is 5.88 Å². The number of rotatable bonds is 6. The highest BCUT2D eigenvalue weighted by Gasteiger charge is 2.22. The summed E-state index contributed by atoms with van der Waals surface area (Å²) in [6.07, 6.45) is 0.553. The number of nitrogens with zero attached hydrogens (tertiary/aromatic N) is 3. The van der Waals surface area contributed by atoms with E-state index in [9.17, 15) is 18.3 Å². The van der Waals surface area contributed by atoms with Crippen molar-refractivity contribution >= 4 is 22.4 Å². The second kappa shape index (κ2) is 9.35. The van der Waals surface area contributed by atoms with Gasteiger partial charge in [0, 0.05) is 11.1 Å². The summed E-state index contributed by atoms with van der Waals surface area (Å²) in [5.41, 5.74) is 1.65. The number of methoxy groups -OCH3 is 1. The van der Waals surface area contributed by atoms with Crippen LogP contribution in [0.1, 0.15) is 61.2 Å². The Morgan fingerprint density at radius 3 is 2.61 bits per heavy atom. The molecule has 0 amide bonds. The van der Waals surface area contributed by atoms with E-state index in [1.807, 2.05) is 12.1 Å². The molecule has 2 heterocycles. The molecule has 6 nitrogen and oxygen atoms in total. The molecule has 0 saturated carbocycles. The molecule has 0 radical (unpaired) electrons. The fraction of sp³-hybridized carbons (Fsp3) is 0.375. The van der Waals surface area contributed by atoms with E-state index in [2.05, 4.69) is 20.3 Å². The zero-order chi connectivity index (χ0) is 23.7. The van der Waals surface area contributed by atoms with E-state index in [1.54, 1.807) is 13.8 Å². The van der Waals surface area contributed by atoms with Crippen molar-refractivity contribution in [1.29, 1.82) is 0 Å². The smallest absolute Gasteiger partial charge is 0.266 e. The summed E-state index contributed by atoms with van der Waals surface area (Å²) >= 11 is 0. The van der Waals surface area contributed by atoms with Gasteiger partial charge in [-0.25, -0.2) is 23.1 Å². The van der Waals surface area contributed by atoms with Crippen LogP contribution in [0.25, 0.3) is 16.6 Å². The van der Waals surface area contributed by atoms with Gasteiger partial charge in [-0.2, -0.15) is 4.98 Å². The van der Waals surface area contributed by atoms with Crippen molar-refractivity contribution in [3.05, 3.63) is 58.7 Å². The minimum atomic E-state index is -2.90. The van der Waals surface area contributed by atoms with Crippen LogP contribution in [0, 0.1) is 12.7 Å². The number of nitrogens with one attached hydrogen (secondary N) is 1. The third-order valence-corrected chi connectivity index (χ3v) is 5.80. The highest BCUT2D eigenvalue weighted by atomic mass is 19.3. The lowest BCUT2D eigenvalue weighted by Gasteiger charge is -2.21. The van der Waals surface area contributed by atoms with Crippen molar-refractivity contribution < 1.29 is 23.0 Å². The molecule has 1 aliphatic rings. The fourth-order valence-corrected chi connectivity index (χ4v) is 4.06. The Bertz CT molecular complexity index is 1220. The van der Waals surface area contributed by atoms with E-state index in [0.717, 1.165) is 17.2 Å². The summed E-state index contributed by atoms with van der Waals surface area (Å²) in [5.74, 6) is 0.341. The number of halogens is 3. The first-order chi connectivity index (χ1) is 15.8. The molecule has 0 saturated heterocycles. The topological polar surface area (TPSA) is 80.2 Å². The van der Waals surface area contributed by atoms with E-state index in [1.165, 1.54) is 19.2 Å². The molecule has 33 heavy (non-hydrogen) atoms. The Balaban J connectivity index is 1.78. The Hall–Kier alpha value is -3.20. The maximum atomic E-state index is 14.7. The van der Waals surface area contributed by atoms with E-state index in [-0.39, 0.29) is 11.7 Å². The summed E-state index contributed by atoms with van der Waals surface area (Å²) in [5, 5.41) is 13.6. The Morgan fingerprint density at radius 1 is 1.18 bits per heavy atom. The SMILES string of the molecule is COc1nc2nc(C)nc(N[C@H](C)c3cccc(C(F)F)c3F)c2cc1C1=CCC(O)CC1. The van der Waals surface area contributed by atoms with Crippen LogP contribution in [0.3, 0.4) is 0 Å². The molecule has 1 aromatic carbocycles. The number of aryl methyl sites for hydroxylation is 1. The van der Waals surface area contributed by atoms with Gasteiger partial charge < -0.3 is 15.2 Å². The number of alkyl halides is 2. The normalized spacial score (nSPS) is 17.2. The van der Waals surface area contributed by atoms with Crippen molar-refractivity contribution in [2.75, 3.05) is 12.4 Å². The molecule has 1 unspecified atom stereocenters. The number of pyridine rings is 1. The first kappa shape index (κ1) is 23.0. The summed E-state index contributed by atoms with van der Waals surface area (Å²) in [6.45, 7) is 3.39. The summed E-state index contributed by atoms with van der Waals surface area (Å²) < 4.78 is 46.5. The molecule has 2 aromatic heterocycles. The van der Waals surface area contributed by atoms with Gasteiger partial charge in [-0.3, -0.25) is 0 Å². The van der Waals surface area contributed by atoms with Crippen molar-refractivity contribution in [2.45, 2.75) is 51.7 Å². The van der Waals surface area contributed by atoms with Gasteiger partial charge in [0.25, 0.3) is 6.43 Å². The minimum absolute atomic E-state index is 0.114. The average Bonchev–Trinajstić information content (AvgIpc) is 2.78. The van der Waals surface area contributed by atoms with E-state index >= 15 is 0 Å². The fourth-order valence-electron chi connectivity index (χ4n) is 4.06. The van der Waals surface area contributed by atoms with E-state index in [0.29, 0.717) is 47.8 Å². The van der Waals surface area contributed by atoms with Crippen molar-refractivity contribution in [3.8, 4) is 5.88 Å². The monoisotopic (exact) mass is 458 g/mol. The maximum absolute atomic E-state index is 14.7. The number of ether oxygens (including phenoxy) is 1. The zero-order valence-electron chi connectivity index (χ0n) is 18.6. The van der Waals surface area contributed by atoms with Crippen LogP contribution in [-0.2, 0) is 0 Å². The Kier molecular flexibility index (Phi) is 6.51. The lowest BCUT2D eigenvalue weighted by molar-refractivity contribution is 0.146. The molecule has 4 rings (SSSR count). The van der Waals surface area contributed by atoms with Gasteiger partial charge in [0.15, 0.2) is 5.65 Å². The van der Waals surface area contributed by atoms with Crippen molar-refractivity contribution in [3.63, 3.8) is 0 Å². The molecular weight excluding hydrogens is 433 g/mol. The van der Waals surface area contributed by atoms with Crippen LogP contribution < -0.4 is 10.1 Å². The standard InChI is InChI=1S/C24H25F3N4O2/c1-12(16-5-4-6-17(20(16)25)21(26)27)28-22-19-11-18(14-7-9-15(32)10-8-14)24(33-3)31-23(19)30-13(2)29-22/h4-7,11-12,15,21,32H,8-10H2,1-3H3,(H,28,29,30,31)/t12-,15?/m1/s1. The molecule has 9 heteroatoms. The van der Waals surface area contributed by atoms with E-state index < -0.39 is 23.8 Å². The van der Waals surface area contributed by atoms with Crippen molar-refractivity contribution in [1.82, 2.24) is 15.0 Å². The maximum Gasteiger partial charge on any atom is 0.266 e. The number of benzene rings is 1. The number of hydrogen-bond donors (Lipinski definition) is 2. The Morgan fingerprint density at radius 2 is 1.94 bits per heavy atom. The minimum Gasteiger partial charge on any atom is -0.481 e. The van der Waals surface area contributed by atoms with Gasteiger partial charge in [-0.05, 0) is 44.7 Å². The first-order valence-corrected chi connectivity index (χ1v) is 10.7. The molecule has 0 bridgehead atoms. The second-order valence-corrected chi connectivity index (χ2v) is 8.11. The van der Waals surface area contributed by atoms with Crippen LogP contribution in [0.2, 0.25) is 0 Å². The number of allylic oxidation sites excluding steroid dienone is 1. The molecule has 174 valence electrons. The van der Waals surface area contributed by atoms with Crippen LogP contribution >= 0.6 is 0 Å². The highest BCUT2D eigenvalue weighted by molar-refractivity contribution is 5.91. The van der Waals surface area contributed by atoms with Gasteiger partial charge in [-0.15, -0.1) is 0 Å². The van der Waals surface area contributed by atoms with Gasteiger partial charge in [0.2, 0.25) is 5.88 Å². The molecule has 2 N–H and O–H groups in total. The first-order valence-electron chi connectivity index (χ1n) is 10.7. The molecule has 2 atom stereocenters. The number of hydrogen-bond acceptors (Lipinski definition) is 6. The predicted molar refractivity (Wildman–Crippen MR) is 120 cm³/mol. The number of fused-ring (bicyclic) bond motifs is 1. The second-order valence-electron chi connectivity index (χ2n) is 8.11. The van der Waals surface area contributed by atoms with Gasteiger partial charge >= 0.3 is 0 Å². The lowest BCUT2D eigenvalue weighted by atomic mass is 9.92. The average molecular weight is 458 g/mol. The van der Waals surface area contributed by atoms with Crippen molar-refractivity contribution in [2.24, 2.45) is 0 Å². The van der Waals surface area contributed by atoms with Crippen LogP contribution in [0.15, 0.2) is 30.3 Å². The molecule has 0 fully saturated rings. The lowest BCUT2D eigenvalue weighted by Crippen LogP contribution is -2.13. The summed E-state index contributed by atoms with van der Waals surface area (Å²) in [7, 11) is 1.53. The van der Waals surface area contributed by atoms with Crippen LogP contribution in [-0.4, -0.2) is 33.3 Å². The molecular formula is C24H25F3N4O2. The predicted octanol–water partition coefficient (Wildman–Crippen LogP) is 5.52. The number of aromatic nitrogens is 3. The van der Waals surface area contributed by atoms with E-state index in [4.69, 9.17) is 4.74 Å². The highest BCUT2D eigenvalue weighted by Crippen LogP contribution is 2.36. The van der Waals surface area contributed by atoms with Gasteiger partial charge in [-0.1, -0.05) is 24.3 Å². The Labute approximate surface area is 189 Å². The number of anilines is 1. The van der Waals surface area contributed by atoms with Crippen LogP contribution in [0.4, 0.5) is 19.0 Å². The third-order valence-electron chi connectivity index (χ3n) is 5.80. The van der Waals surface area contributed by atoms with Gasteiger partial charge in [0.05, 0.1) is 30.2 Å². The number of aliphatic hydroxyl groups excluding tert-OH is 1. The molecule has 0 spiro atoms.